The first kappa shape index (κ1) is 17.3. The summed E-state index contributed by atoms with van der Waals surface area (Å²) in [6.45, 7) is 1.10. The van der Waals surface area contributed by atoms with Crippen molar-refractivity contribution in [3.8, 4) is 5.75 Å². The number of halogens is 1. The summed E-state index contributed by atoms with van der Waals surface area (Å²) in [5, 5.41) is 3.08. The molecule has 0 radical (unpaired) electrons. The van der Waals surface area contributed by atoms with Crippen LogP contribution in [0.15, 0.2) is 54.2 Å². The molecule has 0 bridgehead atoms. The van der Waals surface area contributed by atoms with Gasteiger partial charge in [0.05, 0.1) is 13.2 Å². The summed E-state index contributed by atoms with van der Waals surface area (Å²) in [5.41, 5.74) is 2.73. The average Bonchev–Trinajstić information content (AvgIpc) is 2.69. The Morgan fingerprint density at radius 2 is 2.15 bits per heavy atom. The molecule has 2 aliphatic heterocycles. The molecule has 5 nitrogen and oxygen atoms in total. The van der Waals surface area contributed by atoms with Crippen molar-refractivity contribution in [3.63, 3.8) is 0 Å². The minimum absolute atomic E-state index is 0.0993. The second-order valence-corrected chi connectivity index (χ2v) is 6.64. The van der Waals surface area contributed by atoms with Gasteiger partial charge in [0, 0.05) is 24.7 Å². The van der Waals surface area contributed by atoms with Crippen LogP contribution in [0, 0.1) is 5.82 Å². The van der Waals surface area contributed by atoms with Crippen LogP contribution < -0.4 is 10.1 Å². The topological polar surface area (TPSA) is 58.6 Å². The molecule has 0 spiro atoms. The molecule has 4 rings (SSSR count). The molecule has 2 heterocycles. The number of carbonyl (C=O) groups excluding carboxylic acids is 2. The normalized spacial score (nSPS) is 19.9. The van der Waals surface area contributed by atoms with E-state index in [1.54, 1.807) is 12.0 Å². The first-order chi connectivity index (χ1) is 13.1. The maximum atomic E-state index is 13.3. The van der Waals surface area contributed by atoms with E-state index in [0.717, 1.165) is 17.7 Å². The van der Waals surface area contributed by atoms with Gasteiger partial charge in [-0.15, -0.1) is 0 Å². The number of carbonyl (C=O) groups is 2. The predicted octanol–water partition coefficient (Wildman–Crippen LogP) is 2.63. The van der Waals surface area contributed by atoms with Gasteiger partial charge in [0.1, 0.15) is 17.3 Å². The number of allylic oxidation sites excluding steroid dienone is 1. The Bertz CT molecular complexity index is 954. The van der Waals surface area contributed by atoms with Crippen LogP contribution in [0.4, 0.5) is 4.39 Å². The van der Waals surface area contributed by atoms with Gasteiger partial charge in [0.2, 0.25) is 0 Å². The fourth-order valence-electron chi connectivity index (χ4n) is 3.67. The summed E-state index contributed by atoms with van der Waals surface area (Å²) in [6, 6.07) is 11.3. The third-order valence-corrected chi connectivity index (χ3v) is 5.07. The zero-order valence-corrected chi connectivity index (χ0v) is 14.9. The highest BCUT2D eigenvalue weighted by Gasteiger charge is 2.36. The van der Waals surface area contributed by atoms with Crippen molar-refractivity contribution in [2.75, 3.05) is 20.2 Å². The predicted molar refractivity (Wildman–Crippen MR) is 98.0 cm³/mol. The molecule has 1 fully saturated rings. The van der Waals surface area contributed by atoms with Crippen LogP contribution in [0.3, 0.4) is 0 Å². The third-order valence-electron chi connectivity index (χ3n) is 5.07. The number of piperazine rings is 1. The standard InChI is InChI=1S/C21H19FN2O3/c1-27-16-6-5-13-7-8-24-19(17(13)10-16)12-23-18(21(24)26)11-20(25)14-3-2-4-15(22)9-14/h2-6,9-11,19,23H,7-8,12H2,1H3/b18-11-. The molecule has 2 aliphatic rings. The maximum Gasteiger partial charge on any atom is 0.270 e. The summed E-state index contributed by atoms with van der Waals surface area (Å²) < 4.78 is 18.6. The number of nitrogens with one attached hydrogen (secondary N) is 1. The van der Waals surface area contributed by atoms with E-state index in [2.05, 4.69) is 5.32 Å². The second-order valence-electron chi connectivity index (χ2n) is 6.64. The Morgan fingerprint density at radius 3 is 2.93 bits per heavy atom. The minimum atomic E-state index is -0.483. The van der Waals surface area contributed by atoms with E-state index in [4.69, 9.17) is 4.74 Å². The Labute approximate surface area is 156 Å². The zero-order valence-electron chi connectivity index (χ0n) is 14.9. The number of hydrogen-bond donors (Lipinski definition) is 1. The first-order valence-corrected chi connectivity index (χ1v) is 8.80. The van der Waals surface area contributed by atoms with Gasteiger partial charge in [-0.2, -0.15) is 0 Å². The van der Waals surface area contributed by atoms with Crippen LogP contribution in [0.25, 0.3) is 0 Å². The van der Waals surface area contributed by atoms with E-state index in [1.165, 1.54) is 35.9 Å². The lowest BCUT2D eigenvalue weighted by atomic mass is 9.90. The van der Waals surface area contributed by atoms with Gasteiger partial charge in [-0.1, -0.05) is 18.2 Å². The van der Waals surface area contributed by atoms with Crippen molar-refractivity contribution in [2.45, 2.75) is 12.5 Å². The van der Waals surface area contributed by atoms with Crippen LogP contribution in [0.1, 0.15) is 27.5 Å². The molecular formula is C21H19FN2O3. The summed E-state index contributed by atoms with van der Waals surface area (Å²) in [5.74, 6) is -0.346. The number of amides is 1. The number of ether oxygens (including phenoxy) is 1. The lowest BCUT2D eigenvalue weighted by Crippen LogP contribution is -2.51. The van der Waals surface area contributed by atoms with Crippen LogP contribution in [0.2, 0.25) is 0 Å². The van der Waals surface area contributed by atoms with Crippen molar-refractivity contribution >= 4 is 11.7 Å². The molecule has 1 atom stereocenters. The van der Waals surface area contributed by atoms with Gasteiger partial charge in [-0.25, -0.2) is 4.39 Å². The largest absolute Gasteiger partial charge is 0.497 e. The lowest BCUT2D eigenvalue weighted by molar-refractivity contribution is -0.132. The minimum Gasteiger partial charge on any atom is -0.497 e. The quantitative estimate of drug-likeness (QED) is 0.670. The number of hydrogen-bond acceptors (Lipinski definition) is 4. The molecule has 138 valence electrons. The molecule has 0 aromatic heterocycles. The average molecular weight is 366 g/mol. The Morgan fingerprint density at radius 1 is 1.30 bits per heavy atom. The highest BCUT2D eigenvalue weighted by Crippen LogP contribution is 2.34. The van der Waals surface area contributed by atoms with Crippen LogP contribution in [-0.4, -0.2) is 36.8 Å². The Balaban J connectivity index is 1.59. The maximum absolute atomic E-state index is 13.3. The number of methoxy groups -OCH3 is 1. The van der Waals surface area contributed by atoms with Crippen molar-refractivity contribution in [2.24, 2.45) is 0 Å². The summed E-state index contributed by atoms with van der Waals surface area (Å²) in [7, 11) is 1.62. The van der Waals surface area contributed by atoms with Crippen LogP contribution in [0.5, 0.6) is 5.75 Å². The number of fused-ring (bicyclic) bond motifs is 3. The molecule has 0 aliphatic carbocycles. The van der Waals surface area contributed by atoms with Gasteiger partial charge in [0.25, 0.3) is 5.91 Å². The van der Waals surface area contributed by atoms with Gasteiger partial charge in [-0.05, 0) is 41.8 Å². The summed E-state index contributed by atoms with van der Waals surface area (Å²) >= 11 is 0. The summed E-state index contributed by atoms with van der Waals surface area (Å²) in [4.78, 5) is 27.1. The smallest absolute Gasteiger partial charge is 0.270 e. The van der Waals surface area contributed by atoms with Gasteiger partial charge >= 0.3 is 0 Å². The molecule has 0 saturated carbocycles. The van der Waals surface area contributed by atoms with Crippen molar-refractivity contribution in [3.05, 3.63) is 76.7 Å². The van der Waals surface area contributed by atoms with Crippen LogP contribution >= 0.6 is 0 Å². The Kier molecular flexibility index (Phi) is 4.39. The molecule has 1 N–H and O–H groups in total. The fraction of sp³-hybridized carbons (Fsp3) is 0.238. The molecule has 2 aromatic rings. The number of ketones is 1. The number of nitrogens with zero attached hydrogens (tertiary/aromatic N) is 1. The van der Waals surface area contributed by atoms with Crippen molar-refractivity contribution in [1.29, 1.82) is 0 Å². The lowest BCUT2D eigenvalue weighted by Gasteiger charge is -2.41. The van der Waals surface area contributed by atoms with E-state index in [-0.39, 0.29) is 23.2 Å². The second kappa shape index (κ2) is 6.87. The van der Waals surface area contributed by atoms with E-state index in [0.29, 0.717) is 13.1 Å². The molecule has 6 heteroatoms. The Hall–Kier alpha value is -3.15. The van der Waals surface area contributed by atoms with E-state index in [1.807, 2.05) is 18.2 Å². The highest BCUT2D eigenvalue weighted by molar-refractivity contribution is 6.09. The van der Waals surface area contributed by atoms with Gasteiger partial charge in [-0.3, -0.25) is 9.59 Å². The summed E-state index contributed by atoms with van der Waals surface area (Å²) in [6.07, 6.45) is 2.01. The zero-order chi connectivity index (χ0) is 19.0. The molecular weight excluding hydrogens is 347 g/mol. The molecule has 2 aromatic carbocycles. The molecule has 1 amide bonds. The molecule has 1 saturated heterocycles. The van der Waals surface area contributed by atoms with Crippen LogP contribution in [-0.2, 0) is 11.2 Å². The fourth-order valence-corrected chi connectivity index (χ4v) is 3.67. The SMILES string of the molecule is COc1ccc2c(c1)C1CN/C(=C\C(=O)c3cccc(F)c3)C(=O)N1CC2. The molecule has 27 heavy (non-hydrogen) atoms. The third kappa shape index (κ3) is 3.18. The van der Waals surface area contributed by atoms with E-state index in [9.17, 15) is 14.0 Å². The number of rotatable bonds is 3. The number of benzene rings is 2. The van der Waals surface area contributed by atoms with E-state index < -0.39 is 11.6 Å². The highest BCUT2D eigenvalue weighted by atomic mass is 19.1. The van der Waals surface area contributed by atoms with E-state index >= 15 is 0 Å². The van der Waals surface area contributed by atoms with Gasteiger partial charge in [0.15, 0.2) is 5.78 Å². The van der Waals surface area contributed by atoms with Gasteiger partial charge < -0.3 is 15.0 Å². The van der Waals surface area contributed by atoms with Crippen molar-refractivity contribution in [1.82, 2.24) is 10.2 Å². The first-order valence-electron chi connectivity index (χ1n) is 8.80. The van der Waals surface area contributed by atoms with Crippen molar-refractivity contribution < 1.29 is 18.7 Å². The monoisotopic (exact) mass is 366 g/mol. The molecule has 1 unspecified atom stereocenters.